The second-order valence-corrected chi connectivity index (χ2v) is 14.0. The fraction of sp³-hybridized carbons (Fsp3) is 0.400. The SMILES string of the molecule is Cc1c(COc2cc(OCc3cncc(C#N)c3)c(CN3CCCCC3C(=O)O)cc2Cl)cccc1-c1cccn(CCCN2CCC(O)C2)c1=O. The van der Waals surface area contributed by atoms with Gasteiger partial charge >= 0.3 is 5.97 Å². The summed E-state index contributed by atoms with van der Waals surface area (Å²) in [6, 6.07) is 16.3. The zero-order valence-electron chi connectivity index (χ0n) is 29.3. The van der Waals surface area contributed by atoms with Crippen LogP contribution in [0.3, 0.4) is 0 Å². The highest BCUT2D eigenvalue weighted by atomic mass is 35.5. The molecule has 2 aromatic carbocycles. The van der Waals surface area contributed by atoms with Crippen molar-refractivity contribution in [1.29, 1.82) is 5.26 Å². The number of aryl methyl sites for hydroxylation is 1. The number of nitrogens with zero attached hydrogens (tertiary/aromatic N) is 5. The Bertz CT molecular complexity index is 1990. The fourth-order valence-corrected chi connectivity index (χ4v) is 7.34. The molecule has 12 heteroatoms. The number of β-amino-alcohol motifs (C(OH)–C–C–N with tert-alkyl or cyclic N) is 1. The van der Waals surface area contributed by atoms with Gasteiger partial charge in [0.25, 0.3) is 5.56 Å². The highest BCUT2D eigenvalue weighted by Gasteiger charge is 2.29. The van der Waals surface area contributed by atoms with Gasteiger partial charge in [-0.05, 0) is 86.7 Å². The fourth-order valence-electron chi connectivity index (χ4n) is 7.10. The molecule has 2 aliphatic rings. The van der Waals surface area contributed by atoms with Crippen LogP contribution in [0.4, 0.5) is 0 Å². The lowest BCUT2D eigenvalue weighted by Gasteiger charge is -2.33. The van der Waals surface area contributed by atoms with Gasteiger partial charge < -0.3 is 29.2 Å². The Morgan fingerprint density at radius 1 is 1.00 bits per heavy atom. The molecule has 11 nitrogen and oxygen atoms in total. The van der Waals surface area contributed by atoms with Gasteiger partial charge in [-0.1, -0.05) is 36.2 Å². The Labute approximate surface area is 308 Å². The van der Waals surface area contributed by atoms with Crippen LogP contribution in [0.1, 0.15) is 59.9 Å². The Hall–Kier alpha value is -4.73. The van der Waals surface area contributed by atoms with Crippen LogP contribution in [0, 0.1) is 18.3 Å². The lowest BCUT2D eigenvalue weighted by Crippen LogP contribution is -2.44. The second-order valence-electron chi connectivity index (χ2n) is 13.6. The number of aliphatic hydroxyl groups excluding tert-OH is 1. The van der Waals surface area contributed by atoms with E-state index < -0.39 is 12.0 Å². The van der Waals surface area contributed by atoms with Gasteiger partial charge in [-0.15, -0.1) is 0 Å². The van der Waals surface area contributed by atoms with Gasteiger partial charge in [0.15, 0.2) is 0 Å². The van der Waals surface area contributed by atoms with Gasteiger partial charge in [0.1, 0.15) is 36.8 Å². The molecule has 0 amide bonds. The molecule has 272 valence electrons. The van der Waals surface area contributed by atoms with Crippen molar-refractivity contribution in [2.75, 3.05) is 26.2 Å². The third kappa shape index (κ3) is 9.00. The van der Waals surface area contributed by atoms with Crippen LogP contribution in [-0.2, 0) is 31.1 Å². The molecule has 0 aliphatic carbocycles. The minimum Gasteiger partial charge on any atom is -0.488 e. The van der Waals surface area contributed by atoms with Crippen LogP contribution >= 0.6 is 11.6 Å². The molecule has 52 heavy (non-hydrogen) atoms. The van der Waals surface area contributed by atoms with Crippen LogP contribution in [0.5, 0.6) is 11.5 Å². The summed E-state index contributed by atoms with van der Waals surface area (Å²) in [5.74, 6) is 0.0431. The number of nitriles is 1. The number of pyridine rings is 2. The number of piperidine rings is 1. The van der Waals surface area contributed by atoms with E-state index in [2.05, 4.69) is 16.0 Å². The first-order chi connectivity index (χ1) is 25.2. The number of aliphatic hydroxyl groups is 1. The summed E-state index contributed by atoms with van der Waals surface area (Å²) in [4.78, 5) is 33.9. The maximum absolute atomic E-state index is 13.6. The first-order valence-electron chi connectivity index (χ1n) is 17.8. The summed E-state index contributed by atoms with van der Waals surface area (Å²) in [5, 5.41) is 29.4. The lowest BCUT2D eigenvalue weighted by atomic mass is 9.97. The second kappa shape index (κ2) is 17.2. The molecule has 0 spiro atoms. The van der Waals surface area contributed by atoms with Gasteiger partial charge in [0.2, 0.25) is 0 Å². The number of benzene rings is 2. The molecule has 2 unspecified atom stereocenters. The number of hydrogen-bond acceptors (Lipinski definition) is 9. The maximum Gasteiger partial charge on any atom is 0.320 e. The average Bonchev–Trinajstić information content (AvgIpc) is 3.57. The molecule has 2 aromatic heterocycles. The number of aromatic nitrogens is 2. The third-order valence-corrected chi connectivity index (χ3v) is 10.3. The maximum atomic E-state index is 13.6. The number of carbonyl (C=O) groups is 1. The minimum absolute atomic E-state index is 0.0556. The van der Waals surface area contributed by atoms with E-state index in [9.17, 15) is 25.1 Å². The van der Waals surface area contributed by atoms with Crippen molar-refractivity contribution in [1.82, 2.24) is 19.4 Å². The van der Waals surface area contributed by atoms with E-state index in [0.717, 1.165) is 61.0 Å². The lowest BCUT2D eigenvalue weighted by molar-refractivity contribution is -0.144. The van der Waals surface area contributed by atoms with E-state index in [1.807, 2.05) is 48.4 Å². The van der Waals surface area contributed by atoms with E-state index >= 15 is 0 Å². The number of halogens is 1. The van der Waals surface area contributed by atoms with Crippen molar-refractivity contribution in [3.05, 3.63) is 110 Å². The number of aliphatic carboxylic acids is 1. The molecule has 2 N–H and O–H groups in total. The zero-order valence-corrected chi connectivity index (χ0v) is 30.1. The van der Waals surface area contributed by atoms with Gasteiger partial charge in [-0.2, -0.15) is 5.26 Å². The van der Waals surface area contributed by atoms with Crippen molar-refractivity contribution in [3.8, 4) is 28.7 Å². The molecule has 2 atom stereocenters. The number of hydrogen-bond donors (Lipinski definition) is 2. The highest BCUT2D eigenvalue weighted by Crippen LogP contribution is 2.36. The number of rotatable bonds is 14. The summed E-state index contributed by atoms with van der Waals surface area (Å²) in [7, 11) is 0. The van der Waals surface area contributed by atoms with Gasteiger partial charge in [-0.3, -0.25) is 19.5 Å². The van der Waals surface area contributed by atoms with E-state index in [0.29, 0.717) is 65.8 Å². The van der Waals surface area contributed by atoms with E-state index in [1.165, 1.54) is 6.20 Å². The van der Waals surface area contributed by atoms with E-state index in [4.69, 9.17) is 21.1 Å². The smallest absolute Gasteiger partial charge is 0.320 e. The quantitative estimate of drug-likeness (QED) is 0.164. The van der Waals surface area contributed by atoms with Gasteiger partial charge in [-0.25, -0.2) is 0 Å². The number of likely N-dealkylation sites (tertiary alicyclic amines) is 2. The molecular weight excluding hydrogens is 682 g/mol. The monoisotopic (exact) mass is 725 g/mol. The van der Waals surface area contributed by atoms with E-state index in [1.54, 1.807) is 29.0 Å². The van der Waals surface area contributed by atoms with Crippen molar-refractivity contribution in [3.63, 3.8) is 0 Å². The molecule has 0 radical (unpaired) electrons. The van der Waals surface area contributed by atoms with Crippen molar-refractivity contribution < 1.29 is 24.5 Å². The van der Waals surface area contributed by atoms with Crippen molar-refractivity contribution in [2.24, 2.45) is 0 Å². The molecule has 2 saturated heterocycles. The molecule has 4 heterocycles. The Morgan fingerprint density at radius 3 is 2.62 bits per heavy atom. The Kier molecular flexibility index (Phi) is 12.2. The summed E-state index contributed by atoms with van der Waals surface area (Å²) in [5.41, 5.74) is 5.06. The van der Waals surface area contributed by atoms with Crippen LogP contribution in [-0.4, -0.2) is 73.9 Å². The van der Waals surface area contributed by atoms with Gasteiger partial charge in [0, 0.05) is 67.5 Å². The highest BCUT2D eigenvalue weighted by molar-refractivity contribution is 6.32. The summed E-state index contributed by atoms with van der Waals surface area (Å²) in [6.45, 7) is 6.27. The molecule has 4 aromatic rings. The van der Waals surface area contributed by atoms with Crippen molar-refractivity contribution in [2.45, 2.75) is 77.5 Å². The van der Waals surface area contributed by atoms with E-state index in [-0.39, 0.29) is 24.9 Å². The van der Waals surface area contributed by atoms with Crippen LogP contribution in [0.15, 0.2) is 71.9 Å². The third-order valence-electron chi connectivity index (χ3n) is 9.97. The predicted octanol–water partition coefficient (Wildman–Crippen LogP) is 5.80. The van der Waals surface area contributed by atoms with Crippen molar-refractivity contribution >= 4 is 17.6 Å². The Morgan fingerprint density at radius 2 is 1.83 bits per heavy atom. The molecule has 2 fully saturated rings. The van der Waals surface area contributed by atoms with Gasteiger partial charge in [0.05, 0.1) is 16.7 Å². The van der Waals surface area contributed by atoms with Crippen LogP contribution < -0.4 is 15.0 Å². The number of ether oxygens (including phenoxy) is 2. The summed E-state index contributed by atoms with van der Waals surface area (Å²) < 4.78 is 14.3. The standard InChI is InChI=1S/C40H44ClN5O6/c1-27-30(7-4-8-33(27)34-9-5-14-45(39(34)48)15-6-12-44-16-11-32(47)24-44)26-52-38-19-37(51-25-29-17-28(20-42)21-43-22-29)31(18-35(38)41)23-46-13-3-2-10-36(46)40(49)50/h4-5,7-9,14,17-19,21-22,32,36,47H,2-3,6,10-13,15-16,23-26H2,1H3,(H,49,50). The minimum atomic E-state index is -0.848. The zero-order chi connectivity index (χ0) is 36.6. The largest absolute Gasteiger partial charge is 0.488 e. The number of carboxylic acids is 1. The topological polar surface area (TPSA) is 141 Å². The predicted molar refractivity (Wildman–Crippen MR) is 197 cm³/mol. The Balaban J connectivity index is 1.20. The summed E-state index contributed by atoms with van der Waals surface area (Å²) >= 11 is 6.82. The first kappa shape index (κ1) is 37.0. The normalized spacial score (nSPS) is 17.9. The number of carboxylic acid groups (broad SMARTS) is 1. The average molecular weight is 726 g/mol. The molecule has 0 saturated carbocycles. The first-order valence-corrected chi connectivity index (χ1v) is 18.2. The molecular formula is C40H44ClN5O6. The van der Waals surface area contributed by atoms with Crippen LogP contribution in [0.2, 0.25) is 5.02 Å². The van der Waals surface area contributed by atoms with Crippen LogP contribution in [0.25, 0.3) is 11.1 Å². The summed E-state index contributed by atoms with van der Waals surface area (Å²) in [6.07, 6.45) is 8.64. The molecule has 6 rings (SSSR count). The molecule has 0 bridgehead atoms. The molecule has 2 aliphatic heterocycles.